The van der Waals surface area contributed by atoms with Crippen LogP contribution in [0.3, 0.4) is 0 Å². The summed E-state index contributed by atoms with van der Waals surface area (Å²) in [4.78, 5) is 2.46. The lowest BCUT2D eigenvalue weighted by molar-refractivity contribution is 0.435. The van der Waals surface area contributed by atoms with Crippen LogP contribution in [0.5, 0.6) is 0 Å². The molecular formula is C62H52N2. The van der Waals surface area contributed by atoms with E-state index in [1.165, 1.54) is 72.0 Å². The van der Waals surface area contributed by atoms with Gasteiger partial charge in [-0.05, 0) is 149 Å². The van der Waals surface area contributed by atoms with Crippen molar-refractivity contribution in [3.05, 3.63) is 247 Å². The molecule has 0 spiro atoms. The average molecular weight is 825 g/mol. The quantitative estimate of drug-likeness (QED) is 0.125. The van der Waals surface area contributed by atoms with Crippen LogP contribution in [0.1, 0.15) is 56.2 Å². The number of rotatable bonds is 10. The molecule has 0 radical (unpaired) electrons. The van der Waals surface area contributed by atoms with Gasteiger partial charge in [0.2, 0.25) is 0 Å². The zero-order valence-electron chi connectivity index (χ0n) is 36.7. The first-order valence-corrected chi connectivity index (χ1v) is 23.0. The minimum absolute atomic E-state index is 0.275. The van der Waals surface area contributed by atoms with Gasteiger partial charge < -0.3 is 9.47 Å². The Kier molecular flexibility index (Phi) is 10.3. The smallest absolute Gasteiger partial charge is 0.0538 e. The van der Waals surface area contributed by atoms with Gasteiger partial charge in [0, 0.05) is 38.9 Å². The van der Waals surface area contributed by atoms with E-state index in [4.69, 9.17) is 0 Å². The molecule has 3 aliphatic rings. The van der Waals surface area contributed by atoms with Crippen LogP contribution in [-0.4, -0.2) is 4.57 Å². The Morgan fingerprint density at radius 2 is 1.30 bits per heavy atom. The van der Waals surface area contributed by atoms with E-state index in [1.54, 1.807) is 5.57 Å². The second kappa shape index (κ2) is 16.7. The summed E-state index contributed by atoms with van der Waals surface area (Å²) in [5.74, 6) is 0.301. The van der Waals surface area contributed by atoms with Gasteiger partial charge in [0.15, 0.2) is 0 Å². The summed E-state index contributed by atoms with van der Waals surface area (Å²) in [5, 5.41) is 2.53. The van der Waals surface area contributed by atoms with Crippen molar-refractivity contribution in [3.8, 4) is 22.3 Å². The molecule has 310 valence electrons. The number of para-hydroxylation sites is 1. The number of hydrogen-bond donors (Lipinski definition) is 0. The molecule has 2 nitrogen and oxygen atoms in total. The van der Waals surface area contributed by atoms with Crippen molar-refractivity contribution in [3.63, 3.8) is 0 Å². The van der Waals surface area contributed by atoms with Crippen LogP contribution in [-0.2, 0) is 5.41 Å². The molecule has 2 atom stereocenters. The molecular weight excluding hydrogens is 773 g/mol. The summed E-state index contributed by atoms with van der Waals surface area (Å²) in [7, 11) is 0. The third kappa shape index (κ3) is 6.64. The van der Waals surface area contributed by atoms with Crippen molar-refractivity contribution in [1.29, 1.82) is 0 Å². The standard InChI is InChI=1S/C62H52N2/c1-3-4-8-19-44(2)63-60-29-18-16-27-56(60)57-42-48(34-41-61(57)63)47-32-37-52(38-33-47)64(51-35-30-46(31-36-51)45-20-9-5-10-21-45)53-39-40-55-54-26-15-17-28-58(54)62(59(55)43-53,49-22-11-6-12-23-49)50-24-13-7-14-25-50/h4-16,18-24,26-27,29-43,50H,3,17,25,28H2,1-2H3/b8-4-,44-19+. The number of hydrogen-bond acceptors (Lipinski definition) is 1. The first-order valence-electron chi connectivity index (χ1n) is 23.0. The summed E-state index contributed by atoms with van der Waals surface area (Å²) < 4.78 is 2.39. The molecule has 7 aromatic carbocycles. The molecule has 0 fully saturated rings. The lowest BCUT2D eigenvalue weighted by Gasteiger charge is -2.42. The Morgan fingerprint density at radius 3 is 2.03 bits per heavy atom. The SMILES string of the molecule is CC/C=C\C=C(/C)n1c2ccccc2c2cc(-c3ccc(N(c4ccc(-c5ccccc5)cc4)c4ccc5c(c4)C(c4ccccc4)(C4C=CC=CC4)C4=C5C=CCC4)cc3)ccc21. The molecule has 0 aliphatic heterocycles. The van der Waals surface area contributed by atoms with Crippen LogP contribution in [0.15, 0.2) is 230 Å². The Hall–Kier alpha value is -7.42. The highest BCUT2D eigenvalue weighted by Gasteiger charge is 2.50. The van der Waals surface area contributed by atoms with Crippen LogP contribution >= 0.6 is 0 Å². The molecule has 11 rings (SSSR count). The Bertz CT molecular complexity index is 3210. The fraction of sp³-hybridized carbons (Fsp3) is 0.129. The number of benzene rings is 7. The molecule has 64 heavy (non-hydrogen) atoms. The molecule has 1 heterocycles. The maximum absolute atomic E-state index is 2.53. The van der Waals surface area contributed by atoms with E-state index in [2.05, 4.69) is 248 Å². The van der Waals surface area contributed by atoms with Gasteiger partial charge in [-0.25, -0.2) is 0 Å². The first kappa shape index (κ1) is 39.4. The normalized spacial score (nSPS) is 18.0. The largest absolute Gasteiger partial charge is 0.313 e. The van der Waals surface area contributed by atoms with E-state index in [0.29, 0.717) is 5.92 Å². The van der Waals surface area contributed by atoms with Crippen molar-refractivity contribution >= 4 is 50.1 Å². The number of nitrogens with zero attached hydrogens (tertiary/aromatic N) is 2. The van der Waals surface area contributed by atoms with Crippen molar-refractivity contribution in [2.75, 3.05) is 4.90 Å². The third-order valence-electron chi connectivity index (χ3n) is 13.8. The summed E-state index contributed by atoms with van der Waals surface area (Å²) in [5.41, 5.74) is 18.7. The van der Waals surface area contributed by atoms with E-state index in [1.807, 2.05) is 0 Å². The fourth-order valence-electron chi connectivity index (χ4n) is 10.9. The minimum atomic E-state index is -0.275. The van der Waals surface area contributed by atoms with Crippen LogP contribution in [0.4, 0.5) is 17.1 Å². The molecule has 0 N–H and O–H groups in total. The fourth-order valence-corrected chi connectivity index (χ4v) is 10.9. The molecule has 0 saturated heterocycles. The van der Waals surface area contributed by atoms with Gasteiger partial charge in [-0.2, -0.15) is 0 Å². The summed E-state index contributed by atoms with van der Waals surface area (Å²) >= 11 is 0. The molecule has 2 unspecified atom stereocenters. The second-order valence-electron chi connectivity index (χ2n) is 17.4. The van der Waals surface area contributed by atoms with Crippen molar-refractivity contribution in [2.24, 2.45) is 5.92 Å². The number of aromatic nitrogens is 1. The van der Waals surface area contributed by atoms with Crippen LogP contribution in [0.2, 0.25) is 0 Å². The van der Waals surface area contributed by atoms with E-state index >= 15 is 0 Å². The van der Waals surface area contributed by atoms with Crippen molar-refractivity contribution in [1.82, 2.24) is 4.57 Å². The highest BCUT2D eigenvalue weighted by molar-refractivity contribution is 6.11. The zero-order chi connectivity index (χ0) is 43.0. The predicted octanol–water partition coefficient (Wildman–Crippen LogP) is 17.0. The molecule has 2 heteroatoms. The van der Waals surface area contributed by atoms with Crippen LogP contribution < -0.4 is 4.90 Å². The number of anilines is 3. The van der Waals surface area contributed by atoms with E-state index in [0.717, 1.165) is 42.7 Å². The highest BCUT2D eigenvalue weighted by atomic mass is 15.1. The molecule has 8 aromatic rings. The molecule has 0 bridgehead atoms. The average Bonchev–Trinajstić information content (AvgIpc) is 3.86. The third-order valence-corrected chi connectivity index (χ3v) is 13.8. The van der Waals surface area contributed by atoms with Gasteiger partial charge in [0.1, 0.15) is 0 Å². The zero-order valence-corrected chi connectivity index (χ0v) is 36.7. The van der Waals surface area contributed by atoms with E-state index < -0.39 is 0 Å². The van der Waals surface area contributed by atoms with E-state index in [9.17, 15) is 0 Å². The molecule has 0 saturated carbocycles. The second-order valence-corrected chi connectivity index (χ2v) is 17.4. The van der Waals surface area contributed by atoms with Gasteiger partial charge in [-0.1, -0.05) is 171 Å². The highest BCUT2D eigenvalue weighted by Crippen LogP contribution is 2.60. The Morgan fingerprint density at radius 1 is 0.641 bits per heavy atom. The van der Waals surface area contributed by atoms with Gasteiger partial charge in [-0.3, -0.25) is 0 Å². The van der Waals surface area contributed by atoms with Gasteiger partial charge in [0.25, 0.3) is 0 Å². The molecule has 0 amide bonds. The van der Waals surface area contributed by atoms with Crippen LogP contribution in [0, 0.1) is 5.92 Å². The van der Waals surface area contributed by atoms with Gasteiger partial charge in [-0.15, -0.1) is 0 Å². The minimum Gasteiger partial charge on any atom is -0.313 e. The first-order chi connectivity index (χ1) is 31.6. The topological polar surface area (TPSA) is 8.17 Å². The summed E-state index contributed by atoms with van der Waals surface area (Å²) in [6.07, 6.45) is 24.8. The van der Waals surface area contributed by atoms with Crippen LogP contribution in [0.25, 0.3) is 55.3 Å². The number of allylic oxidation sites excluding steroid dienone is 12. The van der Waals surface area contributed by atoms with Crippen molar-refractivity contribution < 1.29 is 0 Å². The number of fused-ring (bicyclic) bond motifs is 5. The predicted molar refractivity (Wildman–Crippen MR) is 273 cm³/mol. The van der Waals surface area contributed by atoms with Gasteiger partial charge in [0.05, 0.1) is 11.0 Å². The van der Waals surface area contributed by atoms with Crippen molar-refractivity contribution in [2.45, 2.75) is 44.9 Å². The lowest BCUT2D eigenvalue weighted by Crippen LogP contribution is -2.37. The maximum atomic E-state index is 2.53. The Balaban J connectivity index is 1.05. The lowest BCUT2D eigenvalue weighted by atomic mass is 9.60. The summed E-state index contributed by atoms with van der Waals surface area (Å²) in [6, 6.07) is 63.3. The molecule has 3 aliphatic carbocycles. The maximum Gasteiger partial charge on any atom is 0.0538 e. The van der Waals surface area contributed by atoms with Gasteiger partial charge >= 0.3 is 0 Å². The summed E-state index contributed by atoms with van der Waals surface area (Å²) in [6.45, 7) is 4.38. The molecule has 1 aromatic heterocycles. The van der Waals surface area contributed by atoms with E-state index in [-0.39, 0.29) is 5.41 Å². The monoisotopic (exact) mass is 824 g/mol. The Labute approximate surface area is 377 Å².